The summed E-state index contributed by atoms with van der Waals surface area (Å²) < 4.78 is 39.2. The van der Waals surface area contributed by atoms with Crippen molar-refractivity contribution in [1.82, 2.24) is 0 Å². The van der Waals surface area contributed by atoms with Crippen LogP contribution in [0.2, 0.25) is 0 Å². The molecule has 5 nitrogen and oxygen atoms in total. The van der Waals surface area contributed by atoms with Crippen molar-refractivity contribution in [3.63, 3.8) is 0 Å². The fourth-order valence-electron chi connectivity index (χ4n) is 5.35. The fourth-order valence-corrected chi connectivity index (χ4v) is 40.1. The average Bonchev–Trinajstić information content (AvgIpc) is 2.75. The van der Waals surface area contributed by atoms with Crippen molar-refractivity contribution in [2.75, 3.05) is 24.7 Å². The first-order valence-corrected chi connectivity index (χ1v) is 20.0. The number of hydrogen-bond donors (Lipinski definition) is 2. The Balaban J connectivity index is 0.00000481. The Morgan fingerprint density at radius 3 is 1.68 bits per heavy atom. The molecule has 0 atom stereocenters. The predicted molar refractivity (Wildman–Crippen MR) is 162 cm³/mol. The molecule has 0 heterocycles. The van der Waals surface area contributed by atoms with Gasteiger partial charge in [0, 0.05) is 0 Å². The van der Waals surface area contributed by atoms with Crippen molar-refractivity contribution < 1.29 is 28.0 Å². The van der Waals surface area contributed by atoms with E-state index in [2.05, 4.69) is 65.8 Å². The van der Waals surface area contributed by atoms with Crippen LogP contribution in [0.1, 0.15) is 49.0 Å². The molecule has 3 aromatic carbocycles. The minimum absolute atomic E-state index is 0. The number of nitrogens with zero attached hydrogens (tertiary/aromatic N) is 1. The summed E-state index contributed by atoms with van der Waals surface area (Å²) in [6, 6.07) is 23.4. The Morgan fingerprint density at radius 2 is 1.24 bits per heavy atom. The topological polar surface area (TPSA) is 83.6 Å². The summed E-state index contributed by atoms with van der Waals surface area (Å²) in [6.45, 7) is 12.9. The van der Waals surface area contributed by atoms with Crippen LogP contribution in [0.25, 0.3) is 11.1 Å². The Bertz CT molecular complexity index is 1310. The number of nitrogen functional groups attached to an aromatic ring is 1. The van der Waals surface area contributed by atoms with Crippen LogP contribution in [0.5, 0.6) is 0 Å². The van der Waals surface area contributed by atoms with Gasteiger partial charge in [-0.15, -0.1) is 0 Å². The molecule has 0 saturated carbocycles. The number of nitrogens with two attached hydrogens (primary N) is 1. The fraction of sp³-hybridized carbons (Fsp3) is 0.379. The molecule has 3 N–H and O–H groups in total. The number of para-hydroxylation sites is 1. The van der Waals surface area contributed by atoms with E-state index in [1.807, 2.05) is 67.5 Å². The van der Waals surface area contributed by atoms with E-state index in [0.717, 1.165) is 22.1 Å². The van der Waals surface area contributed by atoms with Crippen LogP contribution in [-0.2, 0) is 22.9 Å². The van der Waals surface area contributed by atoms with Gasteiger partial charge < -0.3 is 0 Å². The van der Waals surface area contributed by atoms with Crippen molar-refractivity contribution in [3.8, 4) is 11.1 Å². The Hall–Kier alpha value is -1.74. The van der Waals surface area contributed by atoms with Crippen LogP contribution < -0.4 is 20.0 Å². The van der Waals surface area contributed by atoms with Crippen molar-refractivity contribution >= 4 is 34.1 Å². The van der Waals surface area contributed by atoms with E-state index < -0.39 is 38.7 Å². The van der Waals surface area contributed by atoms with E-state index in [4.69, 9.17) is 5.73 Å². The van der Waals surface area contributed by atoms with Gasteiger partial charge in [0.25, 0.3) is 0 Å². The molecule has 0 radical (unpaired) electrons. The van der Waals surface area contributed by atoms with E-state index in [1.54, 1.807) is 0 Å². The summed E-state index contributed by atoms with van der Waals surface area (Å²) in [6.07, 6.45) is 0. The molecule has 209 valence electrons. The second kappa shape index (κ2) is 11.2. The van der Waals surface area contributed by atoms with Gasteiger partial charge in [0.05, 0.1) is 0 Å². The molecule has 0 bridgehead atoms. The summed E-state index contributed by atoms with van der Waals surface area (Å²) >= 11 is -2.85. The molecular weight excluding hydrogens is 594 g/mol. The Labute approximate surface area is 229 Å². The average molecular weight is 638 g/mol. The predicted octanol–water partition coefficient (Wildman–Crippen LogP) is 6.27. The van der Waals surface area contributed by atoms with Gasteiger partial charge in [-0.2, -0.15) is 0 Å². The van der Waals surface area contributed by atoms with Gasteiger partial charge in [0.15, 0.2) is 0 Å². The molecule has 0 aromatic heterocycles. The molecule has 37 heavy (non-hydrogen) atoms. The Morgan fingerprint density at radius 1 is 0.784 bits per heavy atom. The van der Waals surface area contributed by atoms with Gasteiger partial charge in [0.1, 0.15) is 0 Å². The zero-order chi connectivity index (χ0) is 27.1. The van der Waals surface area contributed by atoms with E-state index in [0.29, 0.717) is 9.72 Å². The first-order valence-electron chi connectivity index (χ1n) is 11.8. The molecule has 0 amide bonds. The number of benzene rings is 3. The maximum absolute atomic E-state index is 13.7. The first kappa shape index (κ1) is 31.5. The second-order valence-electron chi connectivity index (χ2n) is 11.2. The third-order valence-corrected chi connectivity index (χ3v) is 35.7. The summed E-state index contributed by atoms with van der Waals surface area (Å²) in [7, 11) is -0.456. The quantitative estimate of drug-likeness (QED) is 0.144. The molecule has 0 aliphatic rings. The summed E-state index contributed by atoms with van der Waals surface area (Å²) in [4.78, 5) is 2.03. The second-order valence-corrected chi connectivity index (χ2v) is 29.3. The Kier molecular flexibility index (Phi) is 9.50. The molecule has 8 heteroatoms. The molecule has 0 spiro atoms. The molecular formula is C29H44N2O3PPdS. The summed E-state index contributed by atoms with van der Waals surface area (Å²) in [5.41, 5.74) is 6.47. The standard InChI is InChI=1S/C16H28NP.C12H10N.CH4.HO3S.Pd/c1-15(2,3)18(16(4,5)6)14-11-9-13(10-12-14)17(7)8;13-12-9-5-4-8-11(12)10-6-2-1-3-7-10;;1-4(2)3;/h9-12H,1-8H3;1-6,8-9H,13H2;1H4;(H,1,2,3);/q;;;;-1/p+1. The van der Waals surface area contributed by atoms with Gasteiger partial charge in [-0.25, -0.2) is 0 Å². The van der Waals surface area contributed by atoms with E-state index >= 15 is 0 Å². The first-order chi connectivity index (χ1) is 16.5. The van der Waals surface area contributed by atoms with Crippen LogP contribution in [-0.4, -0.2) is 37.4 Å². The molecule has 0 fully saturated rings. The monoisotopic (exact) mass is 637 g/mol. The van der Waals surface area contributed by atoms with E-state index in [9.17, 15) is 13.0 Å². The molecule has 0 aliphatic heterocycles. The van der Waals surface area contributed by atoms with Crippen LogP contribution in [0.3, 0.4) is 0 Å². The zero-order valence-corrected chi connectivity index (χ0v) is 25.8. The summed E-state index contributed by atoms with van der Waals surface area (Å²) in [5.74, 6) is 0. The van der Waals surface area contributed by atoms with Gasteiger partial charge in [0.2, 0.25) is 0 Å². The molecule has 0 unspecified atom stereocenters. The molecule has 0 aliphatic carbocycles. The van der Waals surface area contributed by atoms with Gasteiger partial charge in [-0.1, -0.05) is 7.43 Å². The van der Waals surface area contributed by atoms with E-state index in [1.165, 1.54) is 0 Å². The third kappa shape index (κ3) is 5.82. The number of hydrogen-bond acceptors (Lipinski definition) is 4. The van der Waals surface area contributed by atoms with Crippen LogP contribution in [0, 0.1) is 0 Å². The normalized spacial score (nSPS) is 13.5. The molecule has 3 aromatic rings. The molecule has 0 saturated heterocycles. The SMILES string of the molecule is C.CN(C)c1ccc([PH]([Pd]([c]2ccccc2-c2ccccc2N)[S](=O)(=O)O)(C(C)(C)C)C(C)(C)C)cc1. The number of anilines is 2. The molecule has 3 rings (SSSR count). The van der Waals surface area contributed by atoms with Crippen molar-refractivity contribution in [2.45, 2.75) is 59.3 Å². The van der Waals surface area contributed by atoms with Crippen molar-refractivity contribution in [1.29, 1.82) is 0 Å². The minimum atomic E-state index is -4.43. The van der Waals surface area contributed by atoms with Crippen LogP contribution >= 0.6 is 5.45 Å². The van der Waals surface area contributed by atoms with Gasteiger partial charge in [-0.3, -0.25) is 0 Å². The van der Waals surface area contributed by atoms with Crippen molar-refractivity contribution in [3.05, 3.63) is 72.8 Å². The van der Waals surface area contributed by atoms with Crippen molar-refractivity contribution in [2.24, 2.45) is 0 Å². The van der Waals surface area contributed by atoms with Crippen LogP contribution in [0.4, 0.5) is 11.4 Å². The maximum atomic E-state index is 13.7. The van der Waals surface area contributed by atoms with E-state index in [-0.39, 0.29) is 7.43 Å². The zero-order valence-electron chi connectivity index (χ0n) is 22.4. The summed E-state index contributed by atoms with van der Waals surface area (Å²) in [5, 5.41) is 0.260. The van der Waals surface area contributed by atoms with Gasteiger partial charge >= 0.3 is 223 Å². The van der Waals surface area contributed by atoms with Crippen LogP contribution in [0.15, 0.2) is 72.8 Å². The van der Waals surface area contributed by atoms with Gasteiger partial charge in [-0.05, 0) is 0 Å². The third-order valence-electron chi connectivity index (χ3n) is 6.37. The number of rotatable bonds is 6.